The molecule has 1 atom stereocenters. The summed E-state index contributed by atoms with van der Waals surface area (Å²) in [6, 6.07) is 0.613. The summed E-state index contributed by atoms with van der Waals surface area (Å²) in [5.41, 5.74) is 0. The number of aliphatic hydroxyl groups is 1. The molecule has 1 unspecified atom stereocenters. The van der Waals surface area contributed by atoms with E-state index < -0.39 is 0 Å². The summed E-state index contributed by atoms with van der Waals surface area (Å²) in [5.74, 6) is 0.233. The van der Waals surface area contributed by atoms with Gasteiger partial charge in [0.15, 0.2) is 0 Å². The standard InChI is InChI=1S/C15H29N3O2/c1-2-9-17(11-12-19)15(20)14-4-3-10-18(14)13-5-7-16-8-6-13/h13-14,16,19H,2-12H2,1H3. The van der Waals surface area contributed by atoms with E-state index in [2.05, 4.69) is 17.1 Å². The molecule has 20 heavy (non-hydrogen) atoms. The molecule has 2 aliphatic rings. The third-order valence-corrected chi connectivity index (χ3v) is 4.53. The number of nitrogens with one attached hydrogen (secondary N) is 1. The molecule has 2 saturated heterocycles. The average molecular weight is 283 g/mol. The molecule has 2 aliphatic heterocycles. The van der Waals surface area contributed by atoms with E-state index in [4.69, 9.17) is 5.11 Å². The van der Waals surface area contributed by atoms with Crippen molar-refractivity contribution in [1.82, 2.24) is 15.1 Å². The van der Waals surface area contributed by atoms with Crippen molar-refractivity contribution in [3.63, 3.8) is 0 Å². The largest absolute Gasteiger partial charge is 0.395 e. The fraction of sp³-hybridized carbons (Fsp3) is 0.933. The van der Waals surface area contributed by atoms with Crippen molar-refractivity contribution < 1.29 is 9.90 Å². The van der Waals surface area contributed by atoms with E-state index >= 15 is 0 Å². The molecule has 116 valence electrons. The number of aliphatic hydroxyl groups excluding tert-OH is 1. The molecule has 0 bridgehead atoms. The van der Waals surface area contributed by atoms with E-state index in [1.54, 1.807) is 0 Å². The minimum absolute atomic E-state index is 0.0520. The van der Waals surface area contributed by atoms with Gasteiger partial charge < -0.3 is 15.3 Å². The predicted octanol–water partition coefficient (Wildman–Crippen LogP) is 0.434. The minimum atomic E-state index is 0.0520. The molecular formula is C15H29N3O2. The Morgan fingerprint density at radius 1 is 1.30 bits per heavy atom. The number of rotatable bonds is 6. The van der Waals surface area contributed by atoms with E-state index in [9.17, 15) is 4.79 Å². The third kappa shape index (κ3) is 3.71. The van der Waals surface area contributed by atoms with E-state index in [0.717, 1.165) is 58.3 Å². The van der Waals surface area contributed by atoms with Gasteiger partial charge in [0.25, 0.3) is 0 Å². The highest BCUT2D eigenvalue weighted by atomic mass is 16.3. The topological polar surface area (TPSA) is 55.8 Å². The summed E-state index contributed by atoms with van der Waals surface area (Å²) >= 11 is 0. The fourth-order valence-corrected chi connectivity index (χ4v) is 3.56. The number of hydrogen-bond donors (Lipinski definition) is 2. The summed E-state index contributed by atoms with van der Waals surface area (Å²) in [6.45, 7) is 6.57. The normalized spacial score (nSPS) is 25.0. The SMILES string of the molecule is CCCN(CCO)C(=O)C1CCCN1C1CCNCC1. The number of hydrogen-bond acceptors (Lipinski definition) is 4. The Bertz CT molecular complexity index is 299. The van der Waals surface area contributed by atoms with Crippen LogP contribution in [0.25, 0.3) is 0 Å². The number of carbonyl (C=O) groups excluding carboxylic acids is 1. The monoisotopic (exact) mass is 283 g/mol. The van der Waals surface area contributed by atoms with Crippen molar-refractivity contribution in [2.24, 2.45) is 0 Å². The Balaban J connectivity index is 1.98. The van der Waals surface area contributed by atoms with Gasteiger partial charge in [0, 0.05) is 19.1 Å². The van der Waals surface area contributed by atoms with Gasteiger partial charge in [-0.25, -0.2) is 0 Å². The second kappa shape index (κ2) is 7.96. The van der Waals surface area contributed by atoms with E-state index in [-0.39, 0.29) is 18.6 Å². The molecule has 0 radical (unpaired) electrons. The van der Waals surface area contributed by atoms with Crippen molar-refractivity contribution in [3.05, 3.63) is 0 Å². The Morgan fingerprint density at radius 3 is 2.70 bits per heavy atom. The Morgan fingerprint density at radius 2 is 2.05 bits per heavy atom. The van der Waals surface area contributed by atoms with Crippen molar-refractivity contribution in [3.8, 4) is 0 Å². The van der Waals surface area contributed by atoms with Crippen LogP contribution in [0.1, 0.15) is 39.0 Å². The number of nitrogens with zero attached hydrogens (tertiary/aromatic N) is 2. The van der Waals surface area contributed by atoms with Crippen LogP contribution in [0.15, 0.2) is 0 Å². The molecule has 5 nitrogen and oxygen atoms in total. The Hall–Kier alpha value is -0.650. The van der Waals surface area contributed by atoms with Gasteiger partial charge in [0.05, 0.1) is 12.6 Å². The second-order valence-corrected chi connectivity index (χ2v) is 5.93. The van der Waals surface area contributed by atoms with Crippen LogP contribution < -0.4 is 5.32 Å². The predicted molar refractivity (Wildman–Crippen MR) is 79.6 cm³/mol. The third-order valence-electron chi connectivity index (χ3n) is 4.53. The summed E-state index contributed by atoms with van der Waals surface area (Å²) in [4.78, 5) is 17.0. The highest BCUT2D eigenvalue weighted by molar-refractivity contribution is 5.82. The zero-order valence-electron chi connectivity index (χ0n) is 12.7. The van der Waals surface area contributed by atoms with Gasteiger partial charge in [0.2, 0.25) is 5.91 Å². The first-order valence-corrected chi connectivity index (χ1v) is 8.14. The zero-order valence-corrected chi connectivity index (χ0v) is 12.7. The molecular weight excluding hydrogens is 254 g/mol. The number of amides is 1. The number of likely N-dealkylation sites (tertiary alicyclic amines) is 1. The molecule has 0 aromatic heterocycles. The molecule has 0 aromatic rings. The number of carbonyl (C=O) groups is 1. The lowest BCUT2D eigenvalue weighted by molar-refractivity contribution is -0.137. The Kier molecular flexibility index (Phi) is 6.26. The maximum Gasteiger partial charge on any atom is 0.240 e. The lowest BCUT2D eigenvalue weighted by atomic mass is 10.0. The van der Waals surface area contributed by atoms with Crippen molar-refractivity contribution in [2.75, 3.05) is 39.3 Å². The highest BCUT2D eigenvalue weighted by Gasteiger charge is 2.37. The molecule has 0 aromatic carbocycles. The minimum Gasteiger partial charge on any atom is -0.395 e. The summed E-state index contributed by atoms with van der Waals surface area (Å²) in [6.07, 6.45) is 5.36. The molecule has 0 spiro atoms. The molecule has 2 heterocycles. The maximum absolute atomic E-state index is 12.7. The van der Waals surface area contributed by atoms with Crippen molar-refractivity contribution >= 4 is 5.91 Å². The molecule has 2 rings (SSSR count). The van der Waals surface area contributed by atoms with Crippen LogP contribution in [0, 0.1) is 0 Å². The van der Waals surface area contributed by atoms with Crippen LogP contribution in [0.4, 0.5) is 0 Å². The smallest absolute Gasteiger partial charge is 0.240 e. The van der Waals surface area contributed by atoms with Crippen LogP contribution >= 0.6 is 0 Å². The van der Waals surface area contributed by atoms with Gasteiger partial charge >= 0.3 is 0 Å². The van der Waals surface area contributed by atoms with Crippen LogP contribution in [-0.4, -0.2) is 72.2 Å². The van der Waals surface area contributed by atoms with Crippen LogP contribution in [0.5, 0.6) is 0 Å². The second-order valence-electron chi connectivity index (χ2n) is 5.93. The Labute approximate surface area is 122 Å². The molecule has 2 N–H and O–H groups in total. The maximum atomic E-state index is 12.7. The van der Waals surface area contributed by atoms with E-state index in [0.29, 0.717) is 12.6 Å². The first-order valence-electron chi connectivity index (χ1n) is 8.14. The van der Waals surface area contributed by atoms with Gasteiger partial charge in [-0.05, 0) is 51.7 Å². The van der Waals surface area contributed by atoms with Crippen LogP contribution in [0.2, 0.25) is 0 Å². The molecule has 1 amide bonds. The average Bonchev–Trinajstić information content (AvgIpc) is 2.96. The molecule has 0 aliphatic carbocycles. The lowest BCUT2D eigenvalue weighted by Gasteiger charge is -2.37. The van der Waals surface area contributed by atoms with Crippen molar-refractivity contribution in [1.29, 1.82) is 0 Å². The fourth-order valence-electron chi connectivity index (χ4n) is 3.56. The quantitative estimate of drug-likeness (QED) is 0.742. The van der Waals surface area contributed by atoms with Gasteiger partial charge in [-0.2, -0.15) is 0 Å². The first-order chi connectivity index (χ1) is 9.77. The lowest BCUT2D eigenvalue weighted by Crippen LogP contribution is -2.52. The summed E-state index contributed by atoms with van der Waals surface area (Å²) in [5, 5.41) is 12.5. The van der Waals surface area contributed by atoms with Gasteiger partial charge in [-0.1, -0.05) is 6.92 Å². The molecule has 5 heteroatoms. The van der Waals surface area contributed by atoms with Crippen LogP contribution in [0.3, 0.4) is 0 Å². The van der Waals surface area contributed by atoms with Crippen molar-refractivity contribution in [2.45, 2.75) is 51.1 Å². The molecule has 2 fully saturated rings. The summed E-state index contributed by atoms with van der Waals surface area (Å²) < 4.78 is 0. The summed E-state index contributed by atoms with van der Waals surface area (Å²) in [7, 11) is 0. The first kappa shape index (κ1) is 15.7. The highest BCUT2D eigenvalue weighted by Crippen LogP contribution is 2.25. The number of piperidine rings is 1. The van der Waals surface area contributed by atoms with Gasteiger partial charge in [-0.3, -0.25) is 9.69 Å². The molecule has 0 saturated carbocycles. The zero-order chi connectivity index (χ0) is 14.4. The van der Waals surface area contributed by atoms with E-state index in [1.807, 2.05) is 4.90 Å². The van der Waals surface area contributed by atoms with Gasteiger partial charge in [0.1, 0.15) is 0 Å². The van der Waals surface area contributed by atoms with E-state index in [1.165, 1.54) is 0 Å². The van der Waals surface area contributed by atoms with Crippen LogP contribution in [-0.2, 0) is 4.79 Å². The van der Waals surface area contributed by atoms with Gasteiger partial charge in [-0.15, -0.1) is 0 Å².